The van der Waals surface area contributed by atoms with Crippen molar-refractivity contribution in [3.8, 4) is 33.5 Å². The van der Waals surface area contributed by atoms with E-state index >= 15 is 0 Å². The number of nitrogens with zero attached hydrogens (tertiary/aromatic N) is 4. The van der Waals surface area contributed by atoms with E-state index in [1.165, 1.54) is 14.2 Å². The highest BCUT2D eigenvalue weighted by Gasteiger charge is 2.39. The van der Waals surface area contributed by atoms with Gasteiger partial charge in [0.2, 0.25) is 5.91 Å². The Morgan fingerprint density at radius 2 is 1.23 bits per heavy atom. The van der Waals surface area contributed by atoms with Crippen LogP contribution in [-0.4, -0.2) is 87.1 Å². The van der Waals surface area contributed by atoms with E-state index < -0.39 is 24.3 Å². The number of rotatable bonds is 11. The summed E-state index contributed by atoms with van der Waals surface area (Å²) in [6, 6.07) is 30.0. The van der Waals surface area contributed by atoms with Gasteiger partial charge in [-0.1, -0.05) is 98.8 Å². The summed E-state index contributed by atoms with van der Waals surface area (Å²) in [5.74, 6) is 0.984. The molecule has 2 aliphatic rings. The number of imidazole rings is 2. The summed E-state index contributed by atoms with van der Waals surface area (Å²) >= 11 is 0. The number of aromatic amines is 2. The Kier molecular flexibility index (Phi) is 11.9. The van der Waals surface area contributed by atoms with Crippen molar-refractivity contribution in [2.75, 3.05) is 27.3 Å². The van der Waals surface area contributed by atoms with Crippen LogP contribution in [0.3, 0.4) is 0 Å². The molecular weight excluding hydrogens is 773 g/mol. The van der Waals surface area contributed by atoms with Gasteiger partial charge in [-0.3, -0.25) is 9.59 Å². The Balaban J connectivity index is 0.935. The molecule has 2 aromatic heterocycles. The zero-order valence-corrected chi connectivity index (χ0v) is 34.7. The van der Waals surface area contributed by atoms with E-state index in [1.54, 1.807) is 11.1 Å². The number of aromatic nitrogens is 4. The van der Waals surface area contributed by atoms with Crippen LogP contribution in [0.15, 0.2) is 103 Å². The maximum atomic E-state index is 13.9. The Bertz CT molecular complexity index is 2520. The van der Waals surface area contributed by atoms with Crippen molar-refractivity contribution in [2.24, 2.45) is 5.92 Å². The molecule has 1 unspecified atom stereocenters. The lowest BCUT2D eigenvalue weighted by Gasteiger charge is -2.29. The van der Waals surface area contributed by atoms with Crippen molar-refractivity contribution in [3.63, 3.8) is 0 Å². The molecule has 4 N–H and O–H groups in total. The predicted octanol–water partition coefficient (Wildman–Crippen LogP) is 8.09. The highest BCUT2D eigenvalue weighted by atomic mass is 16.5. The van der Waals surface area contributed by atoms with Crippen molar-refractivity contribution < 1.29 is 28.7 Å². The number of fused-ring (bicyclic) bond motifs is 1. The van der Waals surface area contributed by atoms with Crippen LogP contribution in [0.1, 0.15) is 74.9 Å². The first-order valence-electron chi connectivity index (χ1n) is 20.7. The van der Waals surface area contributed by atoms with Gasteiger partial charge >= 0.3 is 12.2 Å². The highest BCUT2D eigenvalue weighted by molar-refractivity contribution is 5.88. The summed E-state index contributed by atoms with van der Waals surface area (Å²) < 4.78 is 9.61. The molecule has 14 heteroatoms. The second-order valence-corrected chi connectivity index (χ2v) is 15.9. The Morgan fingerprint density at radius 1 is 0.672 bits per heavy atom. The molecule has 2 aliphatic heterocycles. The van der Waals surface area contributed by atoms with E-state index in [9.17, 15) is 19.2 Å². The summed E-state index contributed by atoms with van der Waals surface area (Å²) in [5, 5.41) is 5.42. The second-order valence-electron chi connectivity index (χ2n) is 15.9. The van der Waals surface area contributed by atoms with Crippen LogP contribution in [0.25, 0.3) is 44.5 Å². The van der Waals surface area contributed by atoms with Crippen LogP contribution in [0.5, 0.6) is 0 Å². The topological polar surface area (TPSA) is 175 Å². The molecule has 4 aromatic carbocycles. The number of ether oxygens (including phenoxy) is 2. The number of methoxy groups -OCH3 is 2. The number of alkyl carbamates (subject to hydrolysis) is 2. The van der Waals surface area contributed by atoms with Gasteiger partial charge < -0.3 is 39.9 Å². The Labute approximate surface area is 354 Å². The quantitative estimate of drug-likeness (QED) is 0.101. The van der Waals surface area contributed by atoms with Gasteiger partial charge in [0.05, 0.1) is 49.2 Å². The molecule has 4 amide bonds. The van der Waals surface area contributed by atoms with Gasteiger partial charge in [0.15, 0.2) is 0 Å². The molecule has 8 rings (SSSR count). The summed E-state index contributed by atoms with van der Waals surface area (Å²) in [7, 11) is 2.57. The second kappa shape index (κ2) is 17.7. The zero-order chi connectivity index (χ0) is 42.6. The molecule has 0 radical (unpaired) electrons. The first kappa shape index (κ1) is 40.8. The smallest absolute Gasteiger partial charge is 0.407 e. The van der Waals surface area contributed by atoms with Gasteiger partial charge in [-0.05, 0) is 77.1 Å². The summed E-state index contributed by atoms with van der Waals surface area (Å²) in [6.07, 6.45) is 3.71. The molecule has 14 nitrogen and oxygen atoms in total. The fourth-order valence-electron chi connectivity index (χ4n) is 8.50. The summed E-state index contributed by atoms with van der Waals surface area (Å²) in [4.78, 5) is 71.9. The van der Waals surface area contributed by atoms with Gasteiger partial charge in [-0.25, -0.2) is 19.6 Å². The van der Waals surface area contributed by atoms with E-state index in [1.807, 2.05) is 55.1 Å². The first-order valence-corrected chi connectivity index (χ1v) is 20.7. The van der Waals surface area contributed by atoms with Crippen LogP contribution in [0.4, 0.5) is 9.59 Å². The zero-order valence-electron chi connectivity index (χ0n) is 34.7. The van der Waals surface area contributed by atoms with Crippen LogP contribution < -0.4 is 10.6 Å². The van der Waals surface area contributed by atoms with Crippen molar-refractivity contribution in [1.82, 2.24) is 40.4 Å². The van der Waals surface area contributed by atoms with E-state index in [0.717, 1.165) is 76.1 Å². The number of H-pyrrole nitrogens is 2. The molecule has 61 heavy (non-hydrogen) atoms. The number of amides is 4. The minimum atomic E-state index is -0.879. The minimum Gasteiger partial charge on any atom is -0.453 e. The average molecular weight is 823 g/mol. The average Bonchev–Trinajstić information content (AvgIpc) is 4.13. The van der Waals surface area contributed by atoms with Crippen molar-refractivity contribution in [3.05, 3.63) is 120 Å². The molecule has 4 heterocycles. The third-order valence-corrected chi connectivity index (χ3v) is 11.8. The molecule has 0 saturated carbocycles. The molecule has 0 bridgehead atoms. The summed E-state index contributed by atoms with van der Waals surface area (Å²) in [6.45, 7) is 4.96. The number of hydrogen-bond donors (Lipinski definition) is 4. The van der Waals surface area contributed by atoms with Gasteiger partial charge in [-0.15, -0.1) is 0 Å². The lowest BCUT2D eigenvalue weighted by atomic mass is 9.99. The van der Waals surface area contributed by atoms with E-state index in [2.05, 4.69) is 81.3 Å². The fourth-order valence-corrected chi connectivity index (χ4v) is 8.50. The predicted molar refractivity (Wildman–Crippen MR) is 231 cm³/mol. The third kappa shape index (κ3) is 8.56. The molecular formula is C47H50N8O6. The number of benzene rings is 4. The van der Waals surface area contributed by atoms with Gasteiger partial charge in [0.25, 0.3) is 5.91 Å². The van der Waals surface area contributed by atoms with Gasteiger partial charge in [0.1, 0.15) is 23.7 Å². The number of carbonyl (C=O) groups excluding carboxylic acids is 4. The number of carbonyl (C=O) groups is 4. The van der Waals surface area contributed by atoms with Gasteiger partial charge in [-0.2, -0.15) is 0 Å². The Morgan fingerprint density at radius 3 is 1.85 bits per heavy atom. The lowest BCUT2D eigenvalue weighted by Crippen LogP contribution is -2.51. The van der Waals surface area contributed by atoms with E-state index in [0.29, 0.717) is 24.5 Å². The fraction of sp³-hybridized carbons (Fsp3) is 0.319. The van der Waals surface area contributed by atoms with Crippen LogP contribution in [0.2, 0.25) is 0 Å². The van der Waals surface area contributed by atoms with Crippen molar-refractivity contribution in [1.29, 1.82) is 0 Å². The van der Waals surface area contributed by atoms with Crippen molar-refractivity contribution in [2.45, 2.75) is 63.7 Å². The van der Waals surface area contributed by atoms with Crippen LogP contribution >= 0.6 is 0 Å². The summed E-state index contributed by atoms with van der Waals surface area (Å²) in [5.41, 5.74) is 8.46. The monoisotopic (exact) mass is 822 g/mol. The number of likely N-dealkylation sites (tertiary alicyclic amines) is 2. The SMILES string of the molecule is COC(=O)NC(C(=O)N1CCC[C@H]1c1nc2ccc(-c3ccc(-c4ccc(-c5cnc([C@@H]6CCCN6C(=O)[C@H](NC(=O)OC)c6ccccc6)[nH]5)cc4)cc3)cc2[nH]1)C(C)C. The molecule has 314 valence electrons. The third-order valence-electron chi connectivity index (χ3n) is 11.8. The Hall–Kier alpha value is -6.96. The molecule has 0 aliphatic carbocycles. The molecule has 6 aromatic rings. The maximum Gasteiger partial charge on any atom is 0.407 e. The van der Waals surface area contributed by atoms with E-state index in [-0.39, 0.29) is 29.8 Å². The molecule has 2 fully saturated rings. The largest absolute Gasteiger partial charge is 0.453 e. The molecule has 2 saturated heterocycles. The minimum absolute atomic E-state index is 0.109. The van der Waals surface area contributed by atoms with Crippen LogP contribution in [0, 0.1) is 5.92 Å². The number of hydrogen-bond acceptors (Lipinski definition) is 8. The number of nitrogens with one attached hydrogen (secondary N) is 4. The molecule has 4 atom stereocenters. The maximum absolute atomic E-state index is 13.9. The van der Waals surface area contributed by atoms with Crippen molar-refractivity contribution >= 4 is 35.0 Å². The standard InChI is InChI=1S/C47H50N8O6/c1-28(2)40(52-46(58)60-3)44(56)55-25-9-13-39(55)43-49-35-23-22-34(26-36(35)50-43)31-16-14-29(15-17-31)30-18-20-32(21-19-30)37-27-48-42(51-37)38-12-8-24-54(38)45(57)41(53-47(59)61-4)33-10-6-5-7-11-33/h5-7,10-11,14-23,26-28,38-41H,8-9,12-13,24-25H2,1-4H3,(H,48,51)(H,49,50)(H,52,58)(H,53,59)/t38-,39-,40?,41+/m0/s1. The molecule has 0 spiro atoms. The van der Waals surface area contributed by atoms with Gasteiger partial charge in [0, 0.05) is 13.1 Å². The van der Waals surface area contributed by atoms with E-state index in [4.69, 9.17) is 19.4 Å². The highest BCUT2D eigenvalue weighted by Crippen LogP contribution is 2.36. The normalized spacial score (nSPS) is 17.3. The first-order chi connectivity index (χ1) is 29.6. The van der Waals surface area contributed by atoms with Crippen LogP contribution in [-0.2, 0) is 19.1 Å². The lowest BCUT2D eigenvalue weighted by molar-refractivity contribution is -0.135.